The average Bonchev–Trinajstić information content (AvgIpc) is 2.84. The Bertz CT molecular complexity index is 1370. The van der Waals surface area contributed by atoms with Crippen LogP contribution in [0.5, 0.6) is 11.5 Å². The fourth-order valence-electron chi connectivity index (χ4n) is 3.13. The van der Waals surface area contributed by atoms with Gasteiger partial charge >= 0.3 is 0 Å². The van der Waals surface area contributed by atoms with Gasteiger partial charge in [0.1, 0.15) is 11.3 Å². The van der Waals surface area contributed by atoms with E-state index in [2.05, 4.69) is 20.6 Å². The highest BCUT2D eigenvalue weighted by Gasteiger charge is 2.14. The molecule has 4 aromatic rings. The third kappa shape index (κ3) is 5.21. The molecule has 33 heavy (non-hydrogen) atoms. The van der Waals surface area contributed by atoms with E-state index in [1.165, 1.54) is 24.5 Å². The van der Waals surface area contributed by atoms with Gasteiger partial charge in [0.25, 0.3) is 5.91 Å². The van der Waals surface area contributed by atoms with Crippen LogP contribution in [0.3, 0.4) is 0 Å². The topological polar surface area (TPSA) is 113 Å². The number of nitrogens with zero attached hydrogens (tertiary/aromatic N) is 1. The van der Waals surface area contributed by atoms with E-state index >= 15 is 0 Å². The first-order chi connectivity index (χ1) is 16.0. The molecule has 2 aromatic carbocycles. The summed E-state index contributed by atoms with van der Waals surface area (Å²) in [6.45, 7) is -0.287. The Balaban J connectivity index is 1.31. The van der Waals surface area contributed by atoms with E-state index in [0.29, 0.717) is 22.2 Å². The van der Waals surface area contributed by atoms with E-state index in [1.807, 2.05) is 0 Å². The first-order valence-electron chi connectivity index (χ1n) is 10.0. The van der Waals surface area contributed by atoms with E-state index < -0.39 is 23.1 Å². The van der Waals surface area contributed by atoms with Crippen molar-refractivity contribution in [1.29, 1.82) is 0 Å². The molecule has 0 atom stereocenters. The maximum Gasteiger partial charge on any atom is 0.257 e. The molecule has 0 aliphatic carbocycles. The number of hydrogen-bond donors (Lipinski definition) is 3. The summed E-state index contributed by atoms with van der Waals surface area (Å²) in [5.41, 5.74) is 0.608. The molecule has 166 valence electrons. The van der Waals surface area contributed by atoms with E-state index in [1.54, 1.807) is 48.7 Å². The van der Waals surface area contributed by atoms with E-state index in [-0.39, 0.29) is 24.4 Å². The predicted molar refractivity (Wildman–Crippen MR) is 119 cm³/mol. The van der Waals surface area contributed by atoms with Crippen LogP contribution in [0.4, 0.5) is 4.39 Å². The lowest BCUT2D eigenvalue weighted by Crippen LogP contribution is -2.38. The van der Waals surface area contributed by atoms with Gasteiger partial charge in [-0.2, -0.15) is 0 Å². The Morgan fingerprint density at radius 2 is 1.91 bits per heavy atom. The second-order valence-corrected chi connectivity index (χ2v) is 7.09. The molecule has 0 bridgehead atoms. The smallest absolute Gasteiger partial charge is 0.257 e. The highest BCUT2D eigenvalue weighted by Crippen LogP contribution is 2.24. The molecule has 0 fully saturated rings. The normalized spacial score (nSPS) is 10.6. The molecule has 2 aromatic heterocycles. The van der Waals surface area contributed by atoms with Crippen molar-refractivity contribution < 1.29 is 18.7 Å². The van der Waals surface area contributed by atoms with Crippen LogP contribution < -0.4 is 20.8 Å². The maximum absolute atomic E-state index is 14.3. The number of ether oxygens (including phenoxy) is 1. The lowest BCUT2D eigenvalue weighted by atomic mass is 10.1. The highest BCUT2D eigenvalue weighted by molar-refractivity contribution is 5.98. The number of carbonyl (C=O) groups is 2. The Morgan fingerprint density at radius 1 is 1.06 bits per heavy atom. The van der Waals surface area contributed by atoms with Gasteiger partial charge in [-0.05, 0) is 42.0 Å². The summed E-state index contributed by atoms with van der Waals surface area (Å²) in [6.07, 6.45) is 4.36. The molecule has 3 N–H and O–H groups in total. The van der Waals surface area contributed by atoms with Crippen molar-refractivity contribution in [1.82, 2.24) is 20.6 Å². The number of para-hydroxylation sites is 1. The second kappa shape index (κ2) is 9.73. The zero-order valence-corrected chi connectivity index (χ0v) is 17.3. The molecule has 2 amide bonds. The molecule has 0 saturated carbocycles. The Hall–Kier alpha value is -4.53. The highest BCUT2D eigenvalue weighted by atomic mass is 19.1. The number of nitrogens with one attached hydrogen (secondary N) is 3. The first-order valence-corrected chi connectivity index (χ1v) is 10.0. The number of amides is 2. The monoisotopic (exact) mass is 446 g/mol. The van der Waals surface area contributed by atoms with Crippen LogP contribution in [0.2, 0.25) is 0 Å². The van der Waals surface area contributed by atoms with Crippen molar-refractivity contribution in [2.75, 3.05) is 6.54 Å². The molecule has 0 unspecified atom stereocenters. The molecule has 0 aliphatic heterocycles. The summed E-state index contributed by atoms with van der Waals surface area (Å²) in [4.78, 5) is 43.7. The third-order valence-corrected chi connectivity index (χ3v) is 4.79. The fraction of sp³-hybridized carbons (Fsp3) is 0.0833. The van der Waals surface area contributed by atoms with Gasteiger partial charge in [0.05, 0.1) is 12.7 Å². The van der Waals surface area contributed by atoms with Crippen molar-refractivity contribution in [3.05, 3.63) is 100 Å². The summed E-state index contributed by atoms with van der Waals surface area (Å²) < 4.78 is 19.7. The van der Waals surface area contributed by atoms with Crippen LogP contribution in [0.1, 0.15) is 15.9 Å². The number of rotatable bonds is 7. The first kappa shape index (κ1) is 21.7. The quantitative estimate of drug-likeness (QED) is 0.404. The summed E-state index contributed by atoms with van der Waals surface area (Å²) in [5.74, 6) is -1.31. The summed E-state index contributed by atoms with van der Waals surface area (Å²) in [5, 5.41) is 5.39. The minimum atomic E-state index is -0.667. The molecule has 0 saturated heterocycles. The number of H-pyrrole nitrogens is 1. The van der Waals surface area contributed by atoms with Crippen LogP contribution in [0, 0.1) is 5.82 Å². The number of fused-ring (bicyclic) bond motifs is 1. The molecule has 0 radical (unpaired) electrons. The molecular weight excluding hydrogens is 427 g/mol. The van der Waals surface area contributed by atoms with Gasteiger partial charge in [-0.1, -0.05) is 18.2 Å². The second-order valence-electron chi connectivity index (χ2n) is 7.09. The molecule has 4 rings (SSSR count). The minimum absolute atomic E-state index is 0.0333. The SMILES string of the molecule is O=C(CNC(=O)c1c[nH]c2ccccc2c1=O)NCc1ccc(Oc2cccnc2)c(F)c1. The summed E-state index contributed by atoms with van der Waals surface area (Å²) in [7, 11) is 0. The van der Waals surface area contributed by atoms with Crippen molar-refractivity contribution in [2.24, 2.45) is 0 Å². The molecule has 0 aliphatic rings. The zero-order chi connectivity index (χ0) is 23.2. The van der Waals surface area contributed by atoms with Gasteiger partial charge in [0, 0.05) is 29.8 Å². The number of hydrogen-bond acceptors (Lipinski definition) is 5. The number of aromatic nitrogens is 2. The van der Waals surface area contributed by atoms with Gasteiger partial charge < -0.3 is 20.4 Å². The number of halogens is 1. The van der Waals surface area contributed by atoms with Crippen molar-refractivity contribution in [3.63, 3.8) is 0 Å². The predicted octanol–water partition coefficient (Wildman–Crippen LogP) is 2.90. The number of aromatic amines is 1. The summed E-state index contributed by atoms with van der Waals surface area (Å²) >= 11 is 0. The van der Waals surface area contributed by atoms with Gasteiger partial charge in [0.15, 0.2) is 11.6 Å². The number of carbonyl (C=O) groups excluding carboxylic acids is 2. The Labute approximate surface area is 187 Å². The largest absolute Gasteiger partial charge is 0.453 e. The van der Waals surface area contributed by atoms with E-state index in [9.17, 15) is 18.8 Å². The molecule has 9 heteroatoms. The molecule has 2 heterocycles. The van der Waals surface area contributed by atoms with Gasteiger partial charge in [-0.15, -0.1) is 0 Å². The van der Waals surface area contributed by atoms with Crippen LogP contribution >= 0.6 is 0 Å². The van der Waals surface area contributed by atoms with Crippen molar-refractivity contribution >= 4 is 22.7 Å². The molecular formula is C24H19FN4O4. The third-order valence-electron chi connectivity index (χ3n) is 4.79. The Kier molecular flexibility index (Phi) is 6.40. The van der Waals surface area contributed by atoms with Crippen LogP contribution in [0.25, 0.3) is 10.9 Å². The maximum atomic E-state index is 14.3. The van der Waals surface area contributed by atoms with Gasteiger partial charge in [-0.25, -0.2) is 4.39 Å². The minimum Gasteiger partial charge on any atom is -0.453 e. The standard InChI is InChI=1S/C24H19FN4O4/c25-19-10-15(7-8-21(19)33-16-4-3-9-26-12-16)11-28-22(30)14-29-24(32)18-13-27-20-6-2-1-5-17(20)23(18)31/h1-10,12-13H,11,14H2,(H,27,31)(H,28,30)(H,29,32). The van der Waals surface area contributed by atoms with Crippen molar-refractivity contribution in [3.8, 4) is 11.5 Å². The fourth-order valence-corrected chi connectivity index (χ4v) is 3.13. The van der Waals surface area contributed by atoms with Crippen molar-refractivity contribution in [2.45, 2.75) is 6.54 Å². The lowest BCUT2D eigenvalue weighted by Gasteiger charge is -2.10. The van der Waals surface area contributed by atoms with Gasteiger partial charge in [0.2, 0.25) is 11.3 Å². The Morgan fingerprint density at radius 3 is 2.70 bits per heavy atom. The van der Waals surface area contributed by atoms with Crippen LogP contribution in [-0.4, -0.2) is 28.3 Å². The number of pyridine rings is 2. The molecule has 8 nitrogen and oxygen atoms in total. The van der Waals surface area contributed by atoms with E-state index in [0.717, 1.165) is 0 Å². The van der Waals surface area contributed by atoms with Crippen LogP contribution in [-0.2, 0) is 11.3 Å². The van der Waals surface area contributed by atoms with Gasteiger partial charge in [-0.3, -0.25) is 19.4 Å². The van der Waals surface area contributed by atoms with E-state index in [4.69, 9.17) is 4.74 Å². The zero-order valence-electron chi connectivity index (χ0n) is 17.3. The average molecular weight is 446 g/mol. The summed E-state index contributed by atoms with van der Waals surface area (Å²) in [6, 6.07) is 14.5. The lowest BCUT2D eigenvalue weighted by molar-refractivity contribution is -0.120. The van der Waals surface area contributed by atoms with Crippen LogP contribution in [0.15, 0.2) is 78.0 Å². The molecule has 0 spiro atoms. The number of benzene rings is 2.